The Kier molecular flexibility index (Phi) is 8.29. The summed E-state index contributed by atoms with van der Waals surface area (Å²) in [6.45, 7) is 6.24. The van der Waals surface area contributed by atoms with Crippen LogP contribution in [-0.2, 0) is 18.6 Å². The molecule has 0 saturated heterocycles. The topological polar surface area (TPSA) is 65.0 Å². The number of aliphatic hydroxyl groups excluding tert-OH is 1. The Morgan fingerprint density at radius 2 is 1.67 bits per heavy atom. The van der Waals surface area contributed by atoms with Gasteiger partial charge in [0.05, 0.1) is 19.4 Å². The first-order chi connectivity index (χ1) is 7.14. The van der Waals surface area contributed by atoms with Crippen LogP contribution in [0.3, 0.4) is 0 Å². The quantitative estimate of drug-likeness (QED) is 0.490. The molecule has 5 nitrogen and oxygen atoms in total. The van der Waals surface area contributed by atoms with E-state index in [2.05, 4.69) is 0 Å². The number of rotatable bonds is 9. The van der Waals surface area contributed by atoms with E-state index in [1.165, 1.54) is 0 Å². The minimum atomic E-state index is -3.06. The highest BCUT2D eigenvalue weighted by Gasteiger charge is 2.35. The molecule has 15 heavy (non-hydrogen) atoms. The van der Waals surface area contributed by atoms with Crippen LogP contribution in [0.4, 0.5) is 0 Å². The average molecular weight is 240 g/mol. The third-order valence-corrected chi connectivity index (χ3v) is 4.16. The summed E-state index contributed by atoms with van der Waals surface area (Å²) in [5, 5.41) is 8.85. The van der Waals surface area contributed by atoms with Crippen molar-refractivity contribution in [3.8, 4) is 0 Å². The first-order valence-electron chi connectivity index (χ1n) is 5.21. The molecule has 0 amide bonds. The summed E-state index contributed by atoms with van der Waals surface area (Å²) < 4.78 is 27.9. The highest BCUT2D eigenvalue weighted by Crippen LogP contribution is 2.52. The Morgan fingerprint density at radius 1 is 1.13 bits per heavy atom. The molecule has 0 aliphatic rings. The molecule has 0 aromatic rings. The van der Waals surface area contributed by atoms with Gasteiger partial charge in [-0.3, -0.25) is 4.57 Å². The maximum Gasteiger partial charge on any atom is 0.259 e. The molecule has 0 heterocycles. The van der Waals surface area contributed by atoms with Crippen LogP contribution in [0.5, 0.6) is 0 Å². The van der Waals surface area contributed by atoms with E-state index in [4.69, 9.17) is 19.1 Å². The fraction of sp³-hybridized carbons (Fsp3) is 1.00. The summed E-state index contributed by atoms with van der Waals surface area (Å²) in [5.74, 6) is 0. The second-order valence-corrected chi connectivity index (χ2v) is 5.39. The Labute approximate surface area is 91.2 Å². The van der Waals surface area contributed by atoms with Crippen molar-refractivity contribution < 1.29 is 23.7 Å². The van der Waals surface area contributed by atoms with Gasteiger partial charge in [0, 0.05) is 13.2 Å². The molecule has 0 bridgehead atoms. The van der Waals surface area contributed by atoms with Crippen molar-refractivity contribution in [2.75, 3.05) is 32.6 Å². The van der Waals surface area contributed by atoms with E-state index in [1.807, 2.05) is 0 Å². The highest BCUT2D eigenvalue weighted by molar-refractivity contribution is 7.59. The van der Waals surface area contributed by atoms with Crippen LogP contribution in [0.25, 0.3) is 0 Å². The molecular formula is C9H21O5P. The van der Waals surface area contributed by atoms with Crippen molar-refractivity contribution in [2.45, 2.75) is 26.8 Å². The van der Waals surface area contributed by atoms with E-state index in [0.717, 1.165) is 0 Å². The molecule has 6 heteroatoms. The number of hydrogen-bond acceptors (Lipinski definition) is 5. The van der Waals surface area contributed by atoms with Gasteiger partial charge in [-0.05, 0) is 20.8 Å². The molecule has 0 rings (SSSR count). The number of aliphatic hydroxyl groups is 1. The third-order valence-electron chi connectivity index (χ3n) is 1.70. The van der Waals surface area contributed by atoms with Gasteiger partial charge in [-0.2, -0.15) is 0 Å². The summed E-state index contributed by atoms with van der Waals surface area (Å²) in [6, 6.07) is -0.861. The Bertz CT molecular complexity index is 181. The molecule has 0 aromatic heterocycles. The molecular weight excluding hydrogens is 219 g/mol. The lowest BCUT2D eigenvalue weighted by molar-refractivity contribution is -0.0890. The normalized spacial score (nSPS) is 15.5. The van der Waals surface area contributed by atoms with Crippen LogP contribution in [0, 0.1) is 0 Å². The first-order valence-corrected chi connectivity index (χ1v) is 7.09. The Balaban J connectivity index is 4.56. The van der Waals surface area contributed by atoms with Gasteiger partial charge in [0.1, 0.15) is 0 Å². The van der Waals surface area contributed by atoms with Gasteiger partial charge in [-0.1, -0.05) is 0 Å². The Morgan fingerprint density at radius 3 is 2.00 bits per heavy atom. The maximum atomic E-state index is 12.3. The van der Waals surface area contributed by atoms with Crippen molar-refractivity contribution in [1.29, 1.82) is 0 Å². The largest absolute Gasteiger partial charge is 0.396 e. The molecule has 1 N–H and O–H groups in total. The van der Waals surface area contributed by atoms with E-state index >= 15 is 0 Å². The molecule has 0 fully saturated rings. The Hall–Kier alpha value is 0.0700. The molecule has 0 aliphatic carbocycles. The molecule has 0 saturated carbocycles. The van der Waals surface area contributed by atoms with Crippen molar-refractivity contribution in [2.24, 2.45) is 0 Å². The van der Waals surface area contributed by atoms with Crippen LogP contribution in [-0.4, -0.2) is 43.7 Å². The van der Waals surface area contributed by atoms with Crippen LogP contribution in [0.2, 0.25) is 0 Å². The standard InChI is InChI=1S/C9H21O5P/c1-4-12-9(13-5-2)15(11,8-7-10)14-6-3/h9-10H,4-8H2,1-3H3. The molecule has 1 atom stereocenters. The zero-order chi connectivity index (χ0) is 11.7. The molecule has 1 unspecified atom stereocenters. The summed E-state index contributed by atoms with van der Waals surface area (Å²) >= 11 is 0. The van der Waals surface area contributed by atoms with Gasteiger partial charge in [0.2, 0.25) is 6.03 Å². The summed E-state index contributed by atoms with van der Waals surface area (Å²) in [7, 11) is -3.06. The molecule has 92 valence electrons. The minimum Gasteiger partial charge on any atom is -0.396 e. The van der Waals surface area contributed by atoms with Crippen molar-refractivity contribution >= 4 is 7.37 Å². The highest BCUT2D eigenvalue weighted by atomic mass is 31.2. The second kappa shape index (κ2) is 8.25. The van der Waals surface area contributed by atoms with Gasteiger partial charge in [0.15, 0.2) is 0 Å². The summed E-state index contributed by atoms with van der Waals surface area (Å²) in [4.78, 5) is 0. The fourth-order valence-electron chi connectivity index (χ4n) is 1.15. The maximum absolute atomic E-state index is 12.3. The smallest absolute Gasteiger partial charge is 0.259 e. The lowest BCUT2D eigenvalue weighted by Gasteiger charge is -2.25. The fourth-order valence-corrected chi connectivity index (χ4v) is 3.08. The van der Waals surface area contributed by atoms with Crippen LogP contribution >= 0.6 is 7.37 Å². The van der Waals surface area contributed by atoms with E-state index < -0.39 is 13.4 Å². The van der Waals surface area contributed by atoms with Crippen LogP contribution < -0.4 is 0 Å². The lowest BCUT2D eigenvalue weighted by Crippen LogP contribution is -2.22. The van der Waals surface area contributed by atoms with Gasteiger partial charge in [-0.15, -0.1) is 0 Å². The van der Waals surface area contributed by atoms with Crippen molar-refractivity contribution in [3.05, 3.63) is 0 Å². The van der Waals surface area contributed by atoms with Crippen molar-refractivity contribution in [3.63, 3.8) is 0 Å². The lowest BCUT2D eigenvalue weighted by atomic mass is 10.8. The van der Waals surface area contributed by atoms with Gasteiger partial charge in [-0.25, -0.2) is 0 Å². The third kappa shape index (κ3) is 5.09. The minimum absolute atomic E-state index is 0.0610. The van der Waals surface area contributed by atoms with E-state index in [9.17, 15) is 4.57 Å². The number of hydrogen-bond donors (Lipinski definition) is 1. The van der Waals surface area contributed by atoms with Gasteiger partial charge < -0.3 is 19.1 Å². The summed E-state index contributed by atoms with van der Waals surface area (Å²) in [6.07, 6.45) is 0.0610. The van der Waals surface area contributed by atoms with E-state index in [0.29, 0.717) is 19.8 Å². The monoisotopic (exact) mass is 240 g/mol. The van der Waals surface area contributed by atoms with Crippen molar-refractivity contribution in [1.82, 2.24) is 0 Å². The molecule has 0 aromatic carbocycles. The molecule has 0 radical (unpaired) electrons. The predicted octanol–water partition coefficient (Wildman–Crippen LogP) is 1.65. The summed E-state index contributed by atoms with van der Waals surface area (Å²) in [5.41, 5.74) is 0. The number of ether oxygens (including phenoxy) is 2. The van der Waals surface area contributed by atoms with E-state index in [-0.39, 0.29) is 12.8 Å². The average Bonchev–Trinajstić information content (AvgIpc) is 2.18. The van der Waals surface area contributed by atoms with Crippen LogP contribution in [0.15, 0.2) is 0 Å². The second-order valence-electron chi connectivity index (χ2n) is 2.81. The zero-order valence-electron chi connectivity index (χ0n) is 9.64. The zero-order valence-corrected chi connectivity index (χ0v) is 10.5. The molecule has 0 spiro atoms. The van der Waals surface area contributed by atoms with Crippen LogP contribution in [0.1, 0.15) is 20.8 Å². The first kappa shape index (κ1) is 15.1. The van der Waals surface area contributed by atoms with E-state index in [1.54, 1.807) is 20.8 Å². The van der Waals surface area contributed by atoms with Gasteiger partial charge in [0.25, 0.3) is 7.37 Å². The molecule has 0 aliphatic heterocycles. The predicted molar refractivity (Wildman–Crippen MR) is 58.2 cm³/mol. The van der Waals surface area contributed by atoms with Gasteiger partial charge >= 0.3 is 0 Å². The SMILES string of the molecule is CCOC(OCC)P(=O)(CCO)OCC.